The summed E-state index contributed by atoms with van der Waals surface area (Å²) in [5.74, 6) is -0.334. The van der Waals surface area contributed by atoms with Gasteiger partial charge in [-0.1, -0.05) is 53.4 Å². The molecule has 2 aromatic carbocycles. The van der Waals surface area contributed by atoms with Crippen LogP contribution >= 0.6 is 27.7 Å². The summed E-state index contributed by atoms with van der Waals surface area (Å²) < 4.78 is 2.78. The average molecular weight is 610 g/mol. The van der Waals surface area contributed by atoms with Crippen molar-refractivity contribution in [2.45, 2.75) is 58.5 Å². The van der Waals surface area contributed by atoms with E-state index in [2.05, 4.69) is 21.2 Å². The second-order valence-corrected chi connectivity index (χ2v) is 11.8. The Morgan fingerprint density at radius 2 is 1.85 bits per heavy atom. The highest BCUT2D eigenvalue weighted by molar-refractivity contribution is 9.10. The Morgan fingerprint density at radius 3 is 2.56 bits per heavy atom. The van der Waals surface area contributed by atoms with Crippen LogP contribution in [0.5, 0.6) is 0 Å². The van der Waals surface area contributed by atoms with Gasteiger partial charge in [0.2, 0.25) is 0 Å². The molecule has 2 amide bonds. The van der Waals surface area contributed by atoms with Gasteiger partial charge in [-0.25, -0.2) is 0 Å². The number of hydrogen-bond acceptors (Lipinski definition) is 6. The zero-order valence-electron chi connectivity index (χ0n) is 21.8. The number of thioether (sulfide) groups is 1. The Hall–Kier alpha value is -3.37. The van der Waals surface area contributed by atoms with Crippen molar-refractivity contribution in [3.05, 3.63) is 90.5 Å². The maximum absolute atomic E-state index is 13.1. The molecule has 1 aliphatic carbocycles. The zero-order valence-corrected chi connectivity index (χ0v) is 24.2. The first kappa shape index (κ1) is 27.2. The van der Waals surface area contributed by atoms with Crippen LogP contribution in [0.4, 0.5) is 16.2 Å². The van der Waals surface area contributed by atoms with E-state index in [0.29, 0.717) is 16.3 Å². The highest BCUT2D eigenvalue weighted by Crippen LogP contribution is 2.36. The van der Waals surface area contributed by atoms with Crippen molar-refractivity contribution >= 4 is 56.3 Å². The molecule has 0 spiro atoms. The van der Waals surface area contributed by atoms with Gasteiger partial charge < -0.3 is 9.88 Å². The number of rotatable bonds is 7. The third-order valence-electron chi connectivity index (χ3n) is 7.32. The number of nitrogens with one attached hydrogen (secondary N) is 1. The Labute approximate surface area is 239 Å². The van der Waals surface area contributed by atoms with Gasteiger partial charge in [0.15, 0.2) is 0 Å². The van der Waals surface area contributed by atoms with Crippen LogP contribution in [0.1, 0.15) is 54.6 Å². The Kier molecular flexibility index (Phi) is 7.95. The third kappa shape index (κ3) is 5.67. The number of benzene rings is 2. The highest BCUT2D eigenvalue weighted by Gasteiger charge is 2.35. The standard InChI is InChI=1S/C29H29BrN4O4S/c1-18-14-21(15-27-28(35)32(29(36)39-27)17-20-8-6-7-11-24(20)30)19(2)33(18)23-12-13-25(26(16-23)34(37)38)31-22-9-4-3-5-10-22/h6-8,11-16,22,31H,3-5,9-10,17H2,1-2H3/b27-15-. The molecule has 1 aliphatic heterocycles. The molecule has 0 bridgehead atoms. The molecule has 1 N–H and O–H groups in total. The summed E-state index contributed by atoms with van der Waals surface area (Å²) in [5, 5.41) is 15.0. The number of imide groups is 1. The van der Waals surface area contributed by atoms with Gasteiger partial charge in [0.25, 0.3) is 16.8 Å². The second kappa shape index (κ2) is 11.4. The van der Waals surface area contributed by atoms with Gasteiger partial charge in [0, 0.05) is 28.0 Å². The van der Waals surface area contributed by atoms with Gasteiger partial charge >= 0.3 is 0 Å². The minimum atomic E-state index is -0.342. The van der Waals surface area contributed by atoms with E-state index >= 15 is 0 Å². The molecule has 202 valence electrons. The van der Waals surface area contributed by atoms with Crippen molar-refractivity contribution < 1.29 is 14.5 Å². The lowest BCUT2D eigenvalue weighted by atomic mass is 9.95. The van der Waals surface area contributed by atoms with E-state index in [4.69, 9.17) is 0 Å². The summed E-state index contributed by atoms with van der Waals surface area (Å²) in [7, 11) is 0. The summed E-state index contributed by atoms with van der Waals surface area (Å²) >= 11 is 4.40. The van der Waals surface area contributed by atoms with E-state index in [0.717, 1.165) is 64.4 Å². The molecule has 1 aromatic heterocycles. The molecule has 1 saturated carbocycles. The molecule has 0 atom stereocenters. The molecular formula is C29H29BrN4O4S. The summed E-state index contributed by atoms with van der Waals surface area (Å²) in [4.78, 5) is 39.1. The SMILES string of the molecule is Cc1cc(/C=C2\SC(=O)N(Cc3ccccc3Br)C2=O)c(C)n1-c1ccc(NC2CCCCC2)c([N+](=O)[O-])c1. The number of hydrogen-bond donors (Lipinski definition) is 1. The quantitative estimate of drug-likeness (QED) is 0.167. The number of carbonyl (C=O) groups excluding carboxylic acids is 2. The number of nitro groups is 1. The number of carbonyl (C=O) groups is 2. The number of nitro benzene ring substituents is 1. The highest BCUT2D eigenvalue weighted by atomic mass is 79.9. The Bertz CT molecular complexity index is 1490. The lowest BCUT2D eigenvalue weighted by Gasteiger charge is -2.24. The Morgan fingerprint density at radius 1 is 1.10 bits per heavy atom. The fourth-order valence-corrected chi connectivity index (χ4v) is 6.54. The lowest BCUT2D eigenvalue weighted by molar-refractivity contribution is -0.384. The van der Waals surface area contributed by atoms with Crippen molar-refractivity contribution in [3.63, 3.8) is 0 Å². The maximum Gasteiger partial charge on any atom is 0.294 e. The van der Waals surface area contributed by atoms with Crippen molar-refractivity contribution in [3.8, 4) is 5.69 Å². The van der Waals surface area contributed by atoms with Crippen molar-refractivity contribution in [2.75, 3.05) is 5.32 Å². The second-order valence-electron chi connectivity index (χ2n) is 9.96. The van der Waals surface area contributed by atoms with E-state index in [1.54, 1.807) is 18.2 Å². The first-order valence-electron chi connectivity index (χ1n) is 13.0. The molecular weight excluding hydrogens is 580 g/mol. The van der Waals surface area contributed by atoms with E-state index in [1.807, 2.05) is 54.8 Å². The van der Waals surface area contributed by atoms with Crippen LogP contribution in [-0.2, 0) is 11.3 Å². The summed E-state index contributed by atoms with van der Waals surface area (Å²) in [5.41, 5.74) is 4.58. The molecule has 2 aliphatic rings. The minimum Gasteiger partial charge on any atom is -0.377 e. The third-order valence-corrected chi connectivity index (χ3v) is 9.00. The van der Waals surface area contributed by atoms with Crippen LogP contribution in [-0.4, -0.2) is 31.6 Å². The average Bonchev–Trinajstić information content (AvgIpc) is 3.34. The maximum atomic E-state index is 13.1. The smallest absolute Gasteiger partial charge is 0.294 e. The largest absolute Gasteiger partial charge is 0.377 e. The predicted octanol–water partition coefficient (Wildman–Crippen LogP) is 7.75. The number of anilines is 1. The molecule has 0 radical (unpaired) electrons. The number of nitrogens with zero attached hydrogens (tertiary/aromatic N) is 3. The predicted molar refractivity (Wildman–Crippen MR) is 158 cm³/mol. The van der Waals surface area contributed by atoms with Gasteiger partial charge in [0.1, 0.15) is 5.69 Å². The molecule has 8 nitrogen and oxygen atoms in total. The summed E-state index contributed by atoms with van der Waals surface area (Å²) in [6.45, 7) is 4.01. The van der Waals surface area contributed by atoms with Crippen LogP contribution in [0, 0.1) is 24.0 Å². The van der Waals surface area contributed by atoms with Crippen molar-refractivity contribution in [2.24, 2.45) is 0 Å². The lowest BCUT2D eigenvalue weighted by Crippen LogP contribution is -2.27. The van der Waals surface area contributed by atoms with Gasteiger partial charge in [0.05, 0.1) is 22.1 Å². The molecule has 10 heteroatoms. The van der Waals surface area contributed by atoms with Gasteiger partial charge in [-0.15, -0.1) is 0 Å². The first-order chi connectivity index (χ1) is 18.7. The van der Waals surface area contributed by atoms with Gasteiger partial charge in [-0.3, -0.25) is 24.6 Å². The van der Waals surface area contributed by atoms with Crippen LogP contribution in [0.2, 0.25) is 0 Å². The number of halogens is 1. The molecule has 2 heterocycles. The molecule has 39 heavy (non-hydrogen) atoms. The molecule has 3 aromatic rings. The van der Waals surface area contributed by atoms with E-state index < -0.39 is 0 Å². The molecule has 1 saturated heterocycles. The summed E-state index contributed by atoms with van der Waals surface area (Å²) in [6, 6.07) is 14.9. The van der Waals surface area contributed by atoms with Crippen LogP contribution in [0.15, 0.2) is 57.9 Å². The fourth-order valence-electron chi connectivity index (χ4n) is 5.30. The molecule has 2 fully saturated rings. The van der Waals surface area contributed by atoms with Gasteiger partial charge in [-0.2, -0.15) is 0 Å². The zero-order chi connectivity index (χ0) is 27.7. The number of aryl methyl sites for hydroxylation is 1. The van der Waals surface area contributed by atoms with Crippen LogP contribution in [0.3, 0.4) is 0 Å². The minimum absolute atomic E-state index is 0.0420. The van der Waals surface area contributed by atoms with E-state index in [9.17, 15) is 19.7 Å². The fraction of sp³-hybridized carbons (Fsp3) is 0.310. The molecule has 5 rings (SSSR count). The van der Waals surface area contributed by atoms with Crippen molar-refractivity contribution in [1.29, 1.82) is 0 Å². The van der Waals surface area contributed by atoms with Crippen molar-refractivity contribution in [1.82, 2.24) is 9.47 Å². The van der Waals surface area contributed by atoms with Crippen LogP contribution in [0.25, 0.3) is 11.8 Å². The van der Waals surface area contributed by atoms with E-state index in [-0.39, 0.29) is 34.3 Å². The number of aromatic nitrogens is 1. The number of amides is 2. The van der Waals surface area contributed by atoms with Crippen LogP contribution < -0.4 is 5.32 Å². The van der Waals surface area contributed by atoms with Gasteiger partial charge in [-0.05, 0) is 79.9 Å². The first-order valence-corrected chi connectivity index (χ1v) is 14.6. The monoisotopic (exact) mass is 608 g/mol. The molecule has 0 unspecified atom stereocenters. The normalized spacial score (nSPS) is 17.3. The Balaban J connectivity index is 1.41. The topological polar surface area (TPSA) is 97.5 Å². The van der Waals surface area contributed by atoms with E-state index in [1.165, 1.54) is 11.3 Å². The summed E-state index contributed by atoms with van der Waals surface area (Å²) in [6.07, 6.45) is 7.26.